The molecule has 88 valence electrons. The van der Waals surface area contributed by atoms with E-state index in [1.54, 1.807) is 12.1 Å². The molecule has 2 N–H and O–H groups in total. The molecular weight excluding hydrogens is 202 g/mol. The van der Waals surface area contributed by atoms with E-state index in [1.807, 2.05) is 12.1 Å². The summed E-state index contributed by atoms with van der Waals surface area (Å²) in [7, 11) is 0. The van der Waals surface area contributed by atoms with Crippen LogP contribution < -0.4 is 10.1 Å². The van der Waals surface area contributed by atoms with E-state index in [0.29, 0.717) is 5.92 Å². The molecule has 3 heteroatoms. The van der Waals surface area contributed by atoms with Crippen LogP contribution in [0.3, 0.4) is 0 Å². The summed E-state index contributed by atoms with van der Waals surface area (Å²) in [4.78, 5) is 0. The summed E-state index contributed by atoms with van der Waals surface area (Å²) in [6, 6.07) is 6.92. The van der Waals surface area contributed by atoms with Crippen LogP contribution in [-0.4, -0.2) is 24.3 Å². The lowest BCUT2D eigenvalue weighted by Gasteiger charge is -2.28. The smallest absolute Gasteiger partial charge is 0.119 e. The van der Waals surface area contributed by atoms with Gasteiger partial charge in [0.15, 0.2) is 0 Å². The standard InChI is InChI=1S/C13H19NO2/c1-10(11-3-2-8-14-9-11)16-13-6-4-12(15)5-7-13/h4-7,10-11,14-15H,2-3,8-9H2,1H3. The number of piperidine rings is 1. The number of phenolic OH excluding ortho intramolecular Hbond substituents is 1. The van der Waals surface area contributed by atoms with E-state index < -0.39 is 0 Å². The van der Waals surface area contributed by atoms with Gasteiger partial charge in [-0.1, -0.05) is 0 Å². The number of hydrogen-bond donors (Lipinski definition) is 2. The molecule has 16 heavy (non-hydrogen) atoms. The van der Waals surface area contributed by atoms with Gasteiger partial charge in [-0.3, -0.25) is 0 Å². The molecule has 2 unspecified atom stereocenters. The summed E-state index contributed by atoms with van der Waals surface area (Å²) in [5.74, 6) is 1.69. The Morgan fingerprint density at radius 3 is 2.75 bits per heavy atom. The van der Waals surface area contributed by atoms with Gasteiger partial charge in [-0.05, 0) is 50.6 Å². The van der Waals surface area contributed by atoms with Gasteiger partial charge in [0.1, 0.15) is 11.5 Å². The summed E-state index contributed by atoms with van der Waals surface area (Å²) in [5, 5.41) is 12.6. The number of rotatable bonds is 3. The Morgan fingerprint density at radius 2 is 2.12 bits per heavy atom. The van der Waals surface area contributed by atoms with Gasteiger partial charge in [0.2, 0.25) is 0 Å². The quantitative estimate of drug-likeness (QED) is 0.822. The molecule has 2 rings (SSSR count). The fourth-order valence-electron chi connectivity index (χ4n) is 2.12. The largest absolute Gasteiger partial charge is 0.508 e. The molecule has 0 aliphatic carbocycles. The molecular formula is C13H19NO2. The van der Waals surface area contributed by atoms with E-state index in [9.17, 15) is 5.11 Å². The van der Waals surface area contributed by atoms with E-state index >= 15 is 0 Å². The summed E-state index contributed by atoms with van der Waals surface area (Å²) < 4.78 is 5.86. The predicted octanol–water partition coefficient (Wildman–Crippen LogP) is 2.16. The molecule has 0 bridgehead atoms. The van der Waals surface area contributed by atoms with Crippen molar-refractivity contribution in [2.45, 2.75) is 25.9 Å². The van der Waals surface area contributed by atoms with E-state index in [-0.39, 0.29) is 11.9 Å². The van der Waals surface area contributed by atoms with Crippen LogP contribution in [0, 0.1) is 5.92 Å². The molecule has 1 heterocycles. The van der Waals surface area contributed by atoms with Crippen molar-refractivity contribution >= 4 is 0 Å². The van der Waals surface area contributed by atoms with Crippen molar-refractivity contribution < 1.29 is 9.84 Å². The van der Waals surface area contributed by atoms with Gasteiger partial charge in [-0.15, -0.1) is 0 Å². The van der Waals surface area contributed by atoms with Crippen LogP contribution in [0.1, 0.15) is 19.8 Å². The number of hydrogen-bond acceptors (Lipinski definition) is 3. The van der Waals surface area contributed by atoms with Crippen molar-refractivity contribution in [1.82, 2.24) is 5.32 Å². The Morgan fingerprint density at radius 1 is 1.38 bits per heavy atom. The predicted molar refractivity (Wildman–Crippen MR) is 63.8 cm³/mol. The van der Waals surface area contributed by atoms with Crippen molar-refractivity contribution in [2.75, 3.05) is 13.1 Å². The first kappa shape index (κ1) is 11.3. The zero-order chi connectivity index (χ0) is 11.4. The highest BCUT2D eigenvalue weighted by Gasteiger charge is 2.20. The van der Waals surface area contributed by atoms with E-state index in [2.05, 4.69) is 12.2 Å². The van der Waals surface area contributed by atoms with Crippen LogP contribution in [-0.2, 0) is 0 Å². The molecule has 0 aromatic heterocycles. The number of aromatic hydroxyl groups is 1. The van der Waals surface area contributed by atoms with Gasteiger partial charge in [0.25, 0.3) is 0 Å². The highest BCUT2D eigenvalue weighted by molar-refractivity contribution is 5.30. The number of benzene rings is 1. The van der Waals surface area contributed by atoms with Gasteiger partial charge < -0.3 is 15.2 Å². The average Bonchev–Trinajstić information content (AvgIpc) is 2.33. The molecule has 1 saturated heterocycles. The van der Waals surface area contributed by atoms with E-state index in [0.717, 1.165) is 18.8 Å². The zero-order valence-electron chi connectivity index (χ0n) is 9.65. The maximum Gasteiger partial charge on any atom is 0.119 e. The van der Waals surface area contributed by atoms with Crippen molar-refractivity contribution in [1.29, 1.82) is 0 Å². The fourth-order valence-corrected chi connectivity index (χ4v) is 2.12. The Bertz CT molecular complexity index is 317. The van der Waals surface area contributed by atoms with Crippen LogP contribution in [0.2, 0.25) is 0 Å². The lowest BCUT2D eigenvalue weighted by atomic mass is 9.95. The van der Waals surface area contributed by atoms with Gasteiger partial charge in [-0.2, -0.15) is 0 Å². The first-order valence-electron chi connectivity index (χ1n) is 5.92. The Labute approximate surface area is 96.4 Å². The summed E-state index contributed by atoms with van der Waals surface area (Å²) in [6.45, 7) is 4.28. The van der Waals surface area contributed by atoms with Crippen LogP contribution in [0.4, 0.5) is 0 Å². The second-order valence-electron chi connectivity index (χ2n) is 4.42. The molecule has 1 aromatic carbocycles. The molecule has 0 saturated carbocycles. The SMILES string of the molecule is CC(Oc1ccc(O)cc1)C1CCCNC1. The zero-order valence-corrected chi connectivity index (χ0v) is 9.65. The Hall–Kier alpha value is -1.22. The molecule has 1 fully saturated rings. The minimum atomic E-state index is 0.220. The van der Waals surface area contributed by atoms with Gasteiger partial charge in [0, 0.05) is 12.5 Å². The van der Waals surface area contributed by atoms with Crippen molar-refractivity contribution in [3.8, 4) is 11.5 Å². The molecule has 1 aliphatic heterocycles. The van der Waals surface area contributed by atoms with Crippen LogP contribution in [0.5, 0.6) is 11.5 Å². The summed E-state index contributed by atoms with van der Waals surface area (Å²) in [5.41, 5.74) is 0. The summed E-state index contributed by atoms with van der Waals surface area (Å²) in [6.07, 6.45) is 2.68. The third-order valence-electron chi connectivity index (χ3n) is 3.16. The van der Waals surface area contributed by atoms with Crippen LogP contribution in [0.25, 0.3) is 0 Å². The second-order valence-corrected chi connectivity index (χ2v) is 4.42. The lowest BCUT2D eigenvalue weighted by Crippen LogP contribution is -2.37. The average molecular weight is 221 g/mol. The monoisotopic (exact) mass is 221 g/mol. The van der Waals surface area contributed by atoms with Crippen molar-refractivity contribution in [3.63, 3.8) is 0 Å². The highest BCUT2D eigenvalue weighted by Crippen LogP contribution is 2.22. The second kappa shape index (κ2) is 5.21. The molecule has 0 radical (unpaired) electrons. The lowest BCUT2D eigenvalue weighted by molar-refractivity contribution is 0.131. The first-order valence-corrected chi connectivity index (χ1v) is 5.92. The van der Waals surface area contributed by atoms with Crippen LogP contribution >= 0.6 is 0 Å². The number of ether oxygens (including phenoxy) is 1. The topological polar surface area (TPSA) is 41.5 Å². The Kier molecular flexibility index (Phi) is 3.67. The molecule has 0 spiro atoms. The van der Waals surface area contributed by atoms with Crippen LogP contribution in [0.15, 0.2) is 24.3 Å². The van der Waals surface area contributed by atoms with Gasteiger partial charge in [0.05, 0.1) is 6.10 Å². The third kappa shape index (κ3) is 2.89. The molecule has 0 amide bonds. The molecule has 3 nitrogen and oxygen atoms in total. The number of phenols is 1. The summed E-state index contributed by atoms with van der Waals surface area (Å²) >= 11 is 0. The normalized spacial score (nSPS) is 22.7. The van der Waals surface area contributed by atoms with Gasteiger partial charge in [-0.25, -0.2) is 0 Å². The Balaban J connectivity index is 1.90. The number of nitrogens with one attached hydrogen (secondary N) is 1. The molecule has 2 atom stereocenters. The molecule has 1 aliphatic rings. The highest BCUT2D eigenvalue weighted by atomic mass is 16.5. The van der Waals surface area contributed by atoms with Crippen molar-refractivity contribution in [3.05, 3.63) is 24.3 Å². The first-order chi connectivity index (χ1) is 7.75. The third-order valence-corrected chi connectivity index (χ3v) is 3.16. The van der Waals surface area contributed by atoms with Gasteiger partial charge >= 0.3 is 0 Å². The minimum Gasteiger partial charge on any atom is -0.508 e. The minimum absolute atomic E-state index is 0.220. The maximum atomic E-state index is 9.17. The fraction of sp³-hybridized carbons (Fsp3) is 0.538. The van der Waals surface area contributed by atoms with E-state index in [1.165, 1.54) is 12.8 Å². The van der Waals surface area contributed by atoms with Crippen molar-refractivity contribution in [2.24, 2.45) is 5.92 Å². The maximum absolute atomic E-state index is 9.17. The molecule has 1 aromatic rings. The van der Waals surface area contributed by atoms with E-state index in [4.69, 9.17) is 4.74 Å².